The topological polar surface area (TPSA) is 65.2 Å². The van der Waals surface area contributed by atoms with Gasteiger partial charge >= 0.3 is 5.97 Å². The minimum atomic E-state index is -0.483. The molecule has 0 N–H and O–H groups in total. The SMILES string of the molecule is COC(=O)c1c(C)noc1-c1ccc(Br)cn1. The van der Waals surface area contributed by atoms with Crippen LogP contribution in [0.25, 0.3) is 11.5 Å². The summed E-state index contributed by atoms with van der Waals surface area (Å²) in [5.74, 6) is -0.162. The average Bonchev–Trinajstić information content (AvgIpc) is 2.71. The van der Waals surface area contributed by atoms with Crippen molar-refractivity contribution in [2.75, 3.05) is 7.11 Å². The average molecular weight is 297 g/mol. The molecule has 0 spiro atoms. The molecule has 0 fully saturated rings. The summed E-state index contributed by atoms with van der Waals surface area (Å²) in [5.41, 5.74) is 1.33. The lowest BCUT2D eigenvalue weighted by Gasteiger charge is -2.00. The maximum atomic E-state index is 11.6. The smallest absolute Gasteiger partial charge is 0.343 e. The van der Waals surface area contributed by atoms with Crippen LogP contribution in [0.4, 0.5) is 0 Å². The number of ether oxygens (including phenoxy) is 1. The van der Waals surface area contributed by atoms with E-state index in [0.717, 1.165) is 4.47 Å². The van der Waals surface area contributed by atoms with Gasteiger partial charge in [-0.15, -0.1) is 0 Å². The Balaban J connectivity index is 2.52. The number of hydrogen-bond donors (Lipinski definition) is 0. The summed E-state index contributed by atoms with van der Waals surface area (Å²) in [6.07, 6.45) is 1.62. The van der Waals surface area contributed by atoms with E-state index < -0.39 is 5.97 Å². The van der Waals surface area contributed by atoms with Crippen LogP contribution in [0.3, 0.4) is 0 Å². The lowest BCUT2D eigenvalue weighted by molar-refractivity contribution is 0.0600. The van der Waals surface area contributed by atoms with Gasteiger partial charge in [-0.25, -0.2) is 4.79 Å². The highest BCUT2D eigenvalue weighted by molar-refractivity contribution is 9.10. The third-order valence-corrected chi connectivity index (χ3v) is 2.68. The van der Waals surface area contributed by atoms with Gasteiger partial charge in [-0.3, -0.25) is 4.98 Å². The quantitative estimate of drug-likeness (QED) is 0.797. The van der Waals surface area contributed by atoms with E-state index in [2.05, 4.69) is 30.8 Å². The Hall–Kier alpha value is -1.69. The molecule has 0 saturated heterocycles. The Morgan fingerprint density at radius 1 is 1.47 bits per heavy atom. The molecule has 5 nitrogen and oxygen atoms in total. The van der Waals surface area contributed by atoms with Crippen molar-refractivity contribution in [3.8, 4) is 11.5 Å². The van der Waals surface area contributed by atoms with E-state index in [1.54, 1.807) is 25.3 Å². The van der Waals surface area contributed by atoms with Crippen LogP contribution in [0, 0.1) is 6.92 Å². The van der Waals surface area contributed by atoms with Crippen LogP contribution in [0.2, 0.25) is 0 Å². The summed E-state index contributed by atoms with van der Waals surface area (Å²) in [5, 5.41) is 3.76. The van der Waals surface area contributed by atoms with Gasteiger partial charge in [0.05, 0.1) is 12.8 Å². The summed E-state index contributed by atoms with van der Waals surface area (Å²) >= 11 is 3.28. The van der Waals surface area contributed by atoms with Gasteiger partial charge in [-0.2, -0.15) is 0 Å². The van der Waals surface area contributed by atoms with Crippen LogP contribution >= 0.6 is 15.9 Å². The lowest BCUT2D eigenvalue weighted by Crippen LogP contribution is -2.03. The van der Waals surface area contributed by atoms with Crippen molar-refractivity contribution in [3.63, 3.8) is 0 Å². The van der Waals surface area contributed by atoms with E-state index in [0.29, 0.717) is 22.7 Å². The highest BCUT2D eigenvalue weighted by Crippen LogP contribution is 2.25. The van der Waals surface area contributed by atoms with Crippen LogP contribution in [0.1, 0.15) is 16.1 Å². The summed E-state index contributed by atoms with van der Waals surface area (Å²) in [7, 11) is 1.31. The van der Waals surface area contributed by atoms with Gasteiger partial charge in [-0.05, 0) is 35.0 Å². The van der Waals surface area contributed by atoms with Gasteiger partial charge in [0, 0.05) is 10.7 Å². The van der Waals surface area contributed by atoms with Gasteiger partial charge in [0.15, 0.2) is 5.76 Å². The number of hydrogen-bond acceptors (Lipinski definition) is 5. The zero-order valence-corrected chi connectivity index (χ0v) is 10.8. The molecule has 0 amide bonds. The van der Waals surface area contributed by atoms with E-state index in [-0.39, 0.29) is 0 Å². The molecular weight excluding hydrogens is 288 g/mol. The maximum absolute atomic E-state index is 11.6. The van der Waals surface area contributed by atoms with Crippen molar-refractivity contribution in [3.05, 3.63) is 34.1 Å². The summed E-state index contributed by atoms with van der Waals surface area (Å²) in [6.45, 7) is 1.68. The second-order valence-electron chi connectivity index (χ2n) is 3.33. The minimum Gasteiger partial charge on any atom is -0.465 e. The number of aromatic nitrogens is 2. The molecule has 0 unspecified atom stereocenters. The van der Waals surface area contributed by atoms with Crippen molar-refractivity contribution in [1.29, 1.82) is 0 Å². The van der Waals surface area contributed by atoms with Crippen molar-refractivity contribution < 1.29 is 14.1 Å². The van der Waals surface area contributed by atoms with Crippen LogP contribution in [-0.2, 0) is 4.74 Å². The fourth-order valence-electron chi connectivity index (χ4n) is 1.40. The van der Waals surface area contributed by atoms with Gasteiger partial charge in [0.1, 0.15) is 11.3 Å². The van der Waals surface area contributed by atoms with E-state index in [1.165, 1.54) is 7.11 Å². The first-order valence-electron chi connectivity index (χ1n) is 4.80. The molecule has 0 atom stereocenters. The number of carbonyl (C=O) groups is 1. The summed E-state index contributed by atoms with van der Waals surface area (Å²) in [4.78, 5) is 15.7. The number of carbonyl (C=O) groups excluding carboxylic acids is 1. The fourth-order valence-corrected chi connectivity index (χ4v) is 1.63. The molecule has 0 aliphatic heterocycles. The highest BCUT2D eigenvalue weighted by Gasteiger charge is 2.23. The van der Waals surface area contributed by atoms with E-state index in [9.17, 15) is 4.79 Å². The molecule has 0 saturated carbocycles. The Bertz CT molecular complexity index is 548. The van der Waals surface area contributed by atoms with Crippen LogP contribution < -0.4 is 0 Å². The van der Waals surface area contributed by atoms with Gasteiger partial charge < -0.3 is 9.26 Å². The second kappa shape index (κ2) is 4.67. The van der Waals surface area contributed by atoms with Crippen LogP contribution in [0.15, 0.2) is 27.3 Å². The second-order valence-corrected chi connectivity index (χ2v) is 4.24. The van der Waals surface area contributed by atoms with Crippen molar-refractivity contribution >= 4 is 21.9 Å². The third kappa shape index (κ3) is 2.21. The third-order valence-electron chi connectivity index (χ3n) is 2.21. The predicted octanol–water partition coefficient (Wildman–Crippen LogP) is 2.59. The molecular formula is C11H9BrN2O3. The zero-order chi connectivity index (χ0) is 12.4. The molecule has 6 heteroatoms. The lowest BCUT2D eigenvalue weighted by atomic mass is 10.1. The monoisotopic (exact) mass is 296 g/mol. The maximum Gasteiger partial charge on any atom is 0.343 e. The predicted molar refractivity (Wildman–Crippen MR) is 63.5 cm³/mol. The molecule has 0 aromatic carbocycles. The Kier molecular flexibility index (Phi) is 3.23. The molecule has 0 aliphatic rings. The summed E-state index contributed by atoms with van der Waals surface area (Å²) < 4.78 is 10.6. The van der Waals surface area contributed by atoms with Crippen molar-refractivity contribution in [2.45, 2.75) is 6.92 Å². The molecule has 88 valence electrons. The molecule has 0 bridgehead atoms. The number of nitrogens with zero attached hydrogens (tertiary/aromatic N) is 2. The van der Waals surface area contributed by atoms with Crippen molar-refractivity contribution in [1.82, 2.24) is 10.1 Å². The molecule has 2 aromatic heterocycles. The summed E-state index contributed by atoms with van der Waals surface area (Å²) in [6, 6.07) is 3.54. The molecule has 2 heterocycles. The first kappa shape index (κ1) is 11.8. The van der Waals surface area contributed by atoms with Gasteiger partial charge in [-0.1, -0.05) is 5.16 Å². The largest absolute Gasteiger partial charge is 0.465 e. The van der Waals surface area contributed by atoms with Crippen LogP contribution in [-0.4, -0.2) is 23.2 Å². The van der Waals surface area contributed by atoms with Crippen molar-refractivity contribution in [2.24, 2.45) is 0 Å². The van der Waals surface area contributed by atoms with E-state index in [1.807, 2.05) is 0 Å². The number of methoxy groups -OCH3 is 1. The first-order valence-corrected chi connectivity index (χ1v) is 5.59. The van der Waals surface area contributed by atoms with Crippen LogP contribution in [0.5, 0.6) is 0 Å². The zero-order valence-electron chi connectivity index (χ0n) is 9.23. The van der Waals surface area contributed by atoms with Gasteiger partial charge in [0.2, 0.25) is 0 Å². The minimum absolute atomic E-state index is 0.308. The molecule has 0 aliphatic carbocycles. The fraction of sp³-hybridized carbons (Fsp3) is 0.182. The first-order chi connectivity index (χ1) is 8.13. The molecule has 2 aromatic rings. The normalized spacial score (nSPS) is 10.3. The number of halogens is 1. The van der Waals surface area contributed by atoms with E-state index in [4.69, 9.17) is 4.52 Å². The Labute approximate surface area is 106 Å². The standard InChI is InChI=1S/C11H9BrN2O3/c1-6-9(11(15)16-2)10(17-14-6)8-4-3-7(12)5-13-8/h3-5H,1-2H3. The molecule has 0 radical (unpaired) electrons. The number of aryl methyl sites for hydroxylation is 1. The van der Waals surface area contributed by atoms with Gasteiger partial charge in [0.25, 0.3) is 0 Å². The highest BCUT2D eigenvalue weighted by atomic mass is 79.9. The number of pyridine rings is 1. The Morgan fingerprint density at radius 3 is 2.82 bits per heavy atom. The number of rotatable bonds is 2. The van der Waals surface area contributed by atoms with E-state index >= 15 is 0 Å². The Morgan fingerprint density at radius 2 is 2.24 bits per heavy atom. The number of esters is 1. The molecule has 2 rings (SSSR count). The molecule has 17 heavy (non-hydrogen) atoms.